The molecule has 2 nitrogen and oxygen atoms in total. The Morgan fingerprint density at radius 1 is 1.22 bits per heavy atom. The number of rotatable bonds is 4. The highest BCUT2D eigenvalue weighted by Gasteiger charge is 2.40. The van der Waals surface area contributed by atoms with Crippen LogP contribution < -0.4 is 5.32 Å². The monoisotopic (exact) mass is 245 g/mol. The van der Waals surface area contributed by atoms with Crippen LogP contribution in [0, 0.1) is 19.8 Å². The topological polar surface area (TPSA) is 21.3 Å². The van der Waals surface area contributed by atoms with Crippen molar-refractivity contribution in [1.82, 2.24) is 5.32 Å². The van der Waals surface area contributed by atoms with Gasteiger partial charge in [0.05, 0.1) is 6.10 Å². The van der Waals surface area contributed by atoms with Crippen LogP contribution in [-0.2, 0) is 11.3 Å². The number of hydrogen-bond donors (Lipinski definition) is 1. The zero-order chi connectivity index (χ0) is 12.5. The summed E-state index contributed by atoms with van der Waals surface area (Å²) in [7, 11) is 0. The molecule has 2 fully saturated rings. The zero-order valence-electron chi connectivity index (χ0n) is 11.4. The largest absolute Gasteiger partial charge is 0.376 e. The van der Waals surface area contributed by atoms with Gasteiger partial charge in [0.1, 0.15) is 0 Å². The van der Waals surface area contributed by atoms with Crippen LogP contribution in [0.3, 0.4) is 0 Å². The lowest BCUT2D eigenvalue weighted by Gasteiger charge is -2.20. The summed E-state index contributed by atoms with van der Waals surface area (Å²) >= 11 is 0. The SMILES string of the molecule is Cc1ccc(C)c(CNC2CCOC2C2CC2)c1. The number of nitrogens with one attached hydrogen (secondary N) is 1. The molecule has 1 N–H and O–H groups in total. The lowest BCUT2D eigenvalue weighted by molar-refractivity contribution is 0.0809. The van der Waals surface area contributed by atoms with Crippen molar-refractivity contribution in [3.63, 3.8) is 0 Å². The molecule has 1 saturated heterocycles. The Bertz CT molecular complexity index is 425. The first-order valence-electron chi connectivity index (χ1n) is 7.15. The molecule has 0 bridgehead atoms. The molecule has 0 spiro atoms. The van der Waals surface area contributed by atoms with E-state index in [1.165, 1.54) is 36.0 Å². The van der Waals surface area contributed by atoms with Crippen molar-refractivity contribution in [2.45, 2.75) is 51.8 Å². The number of ether oxygens (including phenoxy) is 1. The van der Waals surface area contributed by atoms with E-state index in [2.05, 4.69) is 37.4 Å². The van der Waals surface area contributed by atoms with Gasteiger partial charge in [0.15, 0.2) is 0 Å². The van der Waals surface area contributed by atoms with Gasteiger partial charge in [-0.1, -0.05) is 23.8 Å². The average molecular weight is 245 g/mol. The summed E-state index contributed by atoms with van der Waals surface area (Å²) in [6, 6.07) is 7.27. The molecule has 1 aliphatic carbocycles. The van der Waals surface area contributed by atoms with E-state index in [0.717, 1.165) is 19.1 Å². The van der Waals surface area contributed by atoms with Crippen LogP contribution in [0.25, 0.3) is 0 Å². The first-order valence-corrected chi connectivity index (χ1v) is 7.15. The molecular formula is C16H23NO. The first-order chi connectivity index (χ1) is 8.74. The minimum Gasteiger partial charge on any atom is -0.376 e. The minimum atomic E-state index is 0.482. The van der Waals surface area contributed by atoms with E-state index in [0.29, 0.717) is 12.1 Å². The van der Waals surface area contributed by atoms with Gasteiger partial charge in [-0.3, -0.25) is 0 Å². The third kappa shape index (κ3) is 2.60. The second-order valence-corrected chi connectivity index (χ2v) is 5.88. The van der Waals surface area contributed by atoms with E-state index in [1.54, 1.807) is 0 Å². The van der Waals surface area contributed by atoms with Gasteiger partial charge in [-0.2, -0.15) is 0 Å². The Morgan fingerprint density at radius 2 is 2.06 bits per heavy atom. The van der Waals surface area contributed by atoms with E-state index in [1.807, 2.05) is 0 Å². The van der Waals surface area contributed by atoms with Crippen LogP contribution in [0.2, 0.25) is 0 Å². The Hall–Kier alpha value is -0.860. The Morgan fingerprint density at radius 3 is 2.83 bits per heavy atom. The van der Waals surface area contributed by atoms with Gasteiger partial charge in [-0.05, 0) is 50.2 Å². The number of benzene rings is 1. The number of hydrogen-bond acceptors (Lipinski definition) is 2. The highest BCUT2D eigenvalue weighted by Crippen LogP contribution is 2.38. The second kappa shape index (κ2) is 5.02. The molecule has 98 valence electrons. The Labute approximate surface area is 110 Å². The van der Waals surface area contributed by atoms with E-state index < -0.39 is 0 Å². The second-order valence-electron chi connectivity index (χ2n) is 5.88. The molecule has 1 heterocycles. The van der Waals surface area contributed by atoms with Crippen molar-refractivity contribution in [1.29, 1.82) is 0 Å². The molecule has 18 heavy (non-hydrogen) atoms. The minimum absolute atomic E-state index is 0.482. The molecule has 3 rings (SSSR count). The fraction of sp³-hybridized carbons (Fsp3) is 0.625. The molecule has 0 radical (unpaired) electrons. The molecule has 0 aromatic heterocycles. The summed E-state index contributed by atoms with van der Waals surface area (Å²) in [5.74, 6) is 0.837. The van der Waals surface area contributed by atoms with Gasteiger partial charge in [-0.15, -0.1) is 0 Å². The molecular weight excluding hydrogens is 222 g/mol. The van der Waals surface area contributed by atoms with Crippen molar-refractivity contribution in [2.75, 3.05) is 6.61 Å². The van der Waals surface area contributed by atoms with Gasteiger partial charge in [0.25, 0.3) is 0 Å². The summed E-state index contributed by atoms with van der Waals surface area (Å²) in [6.45, 7) is 6.27. The molecule has 1 aliphatic heterocycles. The van der Waals surface area contributed by atoms with E-state index in [4.69, 9.17) is 4.74 Å². The van der Waals surface area contributed by atoms with Gasteiger partial charge in [0, 0.05) is 19.2 Å². The Balaban J connectivity index is 1.61. The maximum atomic E-state index is 5.87. The molecule has 1 aromatic carbocycles. The normalized spacial score (nSPS) is 27.7. The maximum Gasteiger partial charge on any atom is 0.0757 e. The third-order valence-corrected chi connectivity index (χ3v) is 4.28. The summed E-state index contributed by atoms with van der Waals surface area (Å²) < 4.78 is 5.87. The van der Waals surface area contributed by atoms with Crippen molar-refractivity contribution in [2.24, 2.45) is 5.92 Å². The van der Waals surface area contributed by atoms with Gasteiger partial charge in [0.2, 0.25) is 0 Å². The van der Waals surface area contributed by atoms with Crippen LogP contribution in [0.5, 0.6) is 0 Å². The van der Waals surface area contributed by atoms with Crippen LogP contribution >= 0.6 is 0 Å². The summed E-state index contributed by atoms with van der Waals surface area (Å²) in [5, 5.41) is 3.71. The predicted molar refractivity (Wildman–Crippen MR) is 73.6 cm³/mol. The first kappa shape index (κ1) is 12.2. The lowest BCUT2D eigenvalue weighted by Crippen LogP contribution is -2.37. The van der Waals surface area contributed by atoms with Crippen molar-refractivity contribution in [3.05, 3.63) is 34.9 Å². The van der Waals surface area contributed by atoms with Crippen LogP contribution in [0.4, 0.5) is 0 Å². The summed E-state index contributed by atoms with van der Waals surface area (Å²) in [5.41, 5.74) is 4.16. The van der Waals surface area contributed by atoms with Crippen LogP contribution in [-0.4, -0.2) is 18.8 Å². The molecule has 2 heteroatoms. The van der Waals surface area contributed by atoms with Gasteiger partial charge < -0.3 is 10.1 Å². The fourth-order valence-electron chi connectivity index (χ4n) is 2.95. The maximum absolute atomic E-state index is 5.87. The molecule has 2 atom stereocenters. The van der Waals surface area contributed by atoms with Crippen molar-refractivity contribution in [3.8, 4) is 0 Å². The van der Waals surface area contributed by atoms with Gasteiger partial charge >= 0.3 is 0 Å². The lowest BCUT2D eigenvalue weighted by atomic mass is 10.0. The molecule has 2 unspecified atom stereocenters. The standard InChI is InChI=1S/C16H23NO/c1-11-3-4-12(2)14(9-11)10-17-15-7-8-18-16(15)13-5-6-13/h3-4,9,13,15-17H,5-8,10H2,1-2H3. The zero-order valence-corrected chi connectivity index (χ0v) is 11.4. The number of aryl methyl sites for hydroxylation is 2. The quantitative estimate of drug-likeness (QED) is 0.880. The predicted octanol–water partition coefficient (Wildman–Crippen LogP) is 2.96. The molecule has 2 aliphatic rings. The van der Waals surface area contributed by atoms with Gasteiger partial charge in [-0.25, -0.2) is 0 Å². The third-order valence-electron chi connectivity index (χ3n) is 4.28. The molecule has 0 amide bonds. The van der Waals surface area contributed by atoms with E-state index in [-0.39, 0.29) is 0 Å². The Kier molecular flexibility index (Phi) is 3.40. The molecule has 1 aromatic rings. The van der Waals surface area contributed by atoms with E-state index in [9.17, 15) is 0 Å². The fourth-order valence-corrected chi connectivity index (χ4v) is 2.95. The average Bonchev–Trinajstić information content (AvgIpc) is 3.10. The highest BCUT2D eigenvalue weighted by molar-refractivity contribution is 5.30. The summed E-state index contributed by atoms with van der Waals surface area (Å²) in [6.07, 6.45) is 4.39. The van der Waals surface area contributed by atoms with Crippen LogP contribution in [0.15, 0.2) is 18.2 Å². The summed E-state index contributed by atoms with van der Waals surface area (Å²) in [4.78, 5) is 0. The van der Waals surface area contributed by atoms with Crippen LogP contribution in [0.1, 0.15) is 36.0 Å². The highest BCUT2D eigenvalue weighted by atomic mass is 16.5. The van der Waals surface area contributed by atoms with Crippen molar-refractivity contribution < 1.29 is 4.74 Å². The van der Waals surface area contributed by atoms with E-state index >= 15 is 0 Å². The van der Waals surface area contributed by atoms with Crippen molar-refractivity contribution >= 4 is 0 Å². The molecule has 1 saturated carbocycles. The smallest absolute Gasteiger partial charge is 0.0757 e.